The van der Waals surface area contributed by atoms with Gasteiger partial charge in [-0.25, -0.2) is 0 Å². The van der Waals surface area contributed by atoms with E-state index in [4.69, 9.17) is 0 Å². The first kappa shape index (κ1) is 9.51. The average Bonchev–Trinajstić information content (AvgIpc) is 2.84. The second kappa shape index (κ2) is 4.45. The minimum atomic E-state index is 0.856. The Labute approximate surface area is 82.3 Å². The molecule has 76 valence electrons. The molecule has 0 heterocycles. The molecule has 0 amide bonds. The summed E-state index contributed by atoms with van der Waals surface area (Å²) in [5.74, 6) is 2.09. The van der Waals surface area contributed by atoms with Crippen molar-refractivity contribution in [2.24, 2.45) is 11.8 Å². The molecule has 0 aromatic rings. The van der Waals surface area contributed by atoms with E-state index in [1.54, 1.807) is 0 Å². The predicted molar refractivity (Wildman–Crippen MR) is 56.8 cm³/mol. The third-order valence-electron chi connectivity index (χ3n) is 3.61. The fraction of sp³-hybridized carbons (Fsp3) is 1.00. The maximum atomic E-state index is 3.70. The highest BCUT2D eigenvalue weighted by Crippen LogP contribution is 2.33. The molecule has 2 fully saturated rings. The Morgan fingerprint density at radius 3 is 2.62 bits per heavy atom. The average molecular weight is 181 g/mol. The molecule has 2 aliphatic rings. The standard InChI is InChI=1S/C12H23N/c1-10-4-7-12(9-10)13-8-2-3-11-5-6-11/h10-13H,2-9H2,1H3. The van der Waals surface area contributed by atoms with E-state index in [9.17, 15) is 0 Å². The summed E-state index contributed by atoms with van der Waals surface area (Å²) in [5.41, 5.74) is 0. The van der Waals surface area contributed by atoms with Crippen LogP contribution in [0.25, 0.3) is 0 Å². The number of rotatable bonds is 5. The van der Waals surface area contributed by atoms with Crippen molar-refractivity contribution in [2.75, 3.05) is 6.54 Å². The van der Waals surface area contributed by atoms with Crippen LogP contribution in [0.2, 0.25) is 0 Å². The predicted octanol–water partition coefficient (Wildman–Crippen LogP) is 2.95. The van der Waals surface area contributed by atoms with Crippen LogP contribution < -0.4 is 5.32 Å². The molecule has 0 spiro atoms. The molecular formula is C12H23N. The van der Waals surface area contributed by atoms with E-state index in [0.717, 1.165) is 17.9 Å². The maximum absolute atomic E-state index is 3.70. The normalized spacial score (nSPS) is 33.9. The van der Waals surface area contributed by atoms with Gasteiger partial charge in [-0.2, -0.15) is 0 Å². The number of nitrogens with one attached hydrogen (secondary N) is 1. The van der Waals surface area contributed by atoms with Gasteiger partial charge in [-0.3, -0.25) is 0 Å². The molecule has 1 nitrogen and oxygen atoms in total. The van der Waals surface area contributed by atoms with Gasteiger partial charge in [0.05, 0.1) is 0 Å². The monoisotopic (exact) mass is 181 g/mol. The smallest absolute Gasteiger partial charge is 0.00696 e. The van der Waals surface area contributed by atoms with Gasteiger partial charge >= 0.3 is 0 Å². The fourth-order valence-corrected chi connectivity index (χ4v) is 2.50. The third kappa shape index (κ3) is 3.30. The largest absolute Gasteiger partial charge is 0.314 e. The first-order chi connectivity index (χ1) is 6.34. The first-order valence-electron chi connectivity index (χ1n) is 6.08. The Bertz CT molecular complexity index is 151. The zero-order chi connectivity index (χ0) is 9.10. The highest BCUT2D eigenvalue weighted by molar-refractivity contribution is 4.79. The molecule has 2 aliphatic carbocycles. The molecule has 2 unspecified atom stereocenters. The zero-order valence-electron chi connectivity index (χ0n) is 8.89. The van der Waals surface area contributed by atoms with Crippen LogP contribution in [0.1, 0.15) is 51.9 Å². The van der Waals surface area contributed by atoms with Crippen LogP contribution >= 0.6 is 0 Å². The van der Waals surface area contributed by atoms with Crippen LogP contribution in [0, 0.1) is 11.8 Å². The molecule has 13 heavy (non-hydrogen) atoms. The van der Waals surface area contributed by atoms with Gasteiger partial charge in [0.15, 0.2) is 0 Å². The van der Waals surface area contributed by atoms with Crippen molar-refractivity contribution in [1.82, 2.24) is 5.32 Å². The lowest BCUT2D eigenvalue weighted by Crippen LogP contribution is -2.27. The summed E-state index contributed by atoms with van der Waals surface area (Å²) >= 11 is 0. The minimum Gasteiger partial charge on any atom is -0.314 e. The summed E-state index contributed by atoms with van der Waals surface area (Å²) in [6.07, 6.45) is 10.2. The van der Waals surface area contributed by atoms with Gasteiger partial charge < -0.3 is 5.32 Å². The van der Waals surface area contributed by atoms with Gasteiger partial charge in [-0.1, -0.05) is 19.8 Å². The molecule has 1 heteroatoms. The van der Waals surface area contributed by atoms with Crippen molar-refractivity contribution >= 4 is 0 Å². The van der Waals surface area contributed by atoms with Crippen LogP contribution in [-0.2, 0) is 0 Å². The van der Waals surface area contributed by atoms with Gasteiger partial charge in [0, 0.05) is 6.04 Å². The van der Waals surface area contributed by atoms with Crippen LogP contribution in [0.5, 0.6) is 0 Å². The second-order valence-corrected chi connectivity index (χ2v) is 5.15. The van der Waals surface area contributed by atoms with Gasteiger partial charge in [0.25, 0.3) is 0 Å². The van der Waals surface area contributed by atoms with Crippen LogP contribution in [0.4, 0.5) is 0 Å². The molecule has 2 saturated carbocycles. The van der Waals surface area contributed by atoms with Gasteiger partial charge in [-0.15, -0.1) is 0 Å². The Hall–Kier alpha value is -0.0400. The van der Waals surface area contributed by atoms with E-state index in [1.807, 2.05) is 0 Å². The molecule has 0 aliphatic heterocycles. The topological polar surface area (TPSA) is 12.0 Å². The maximum Gasteiger partial charge on any atom is 0.00696 e. The van der Waals surface area contributed by atoms with E-state index >= 15 is 0 Å². The SMILES string of the molecule is CC1CCC(NCCCC2CC2)C1. The quantitative estimate of drug-likeness (QED) is 0.643. The summed E-state index contributed by atoms with van der Waals surface area (Å²) in [4.78, 5) is 0. The van der Waals surface area contributed by atoms with Crippen molar-refractivity contribution in [3.63, 3.8) is 0 Å². The molecule has 0 aromatic carbocycles. The highest BCUT2D eigenvalue weighted by atomic mass is 14.9. The van der Waals surface area contributed by atoms with Gasteiger partial charge in [0.1, 0.15) is 0 Å². The molecule has 0 radical (unpaired) electrons. The minimum absolute atomic E-state index is 0.856. The molecular weight excluding hydrogens is 158 g/mol. The summed E-state index contributed by atoms with van der Waals surface area (Å²) in [6, 6.07) is 0.856. The van der Waals surface area contributed by atoms with E-state index in [-0.39, 0.29) is 0 Å². The second-order valence-electron chi connectivity index (χ2n) is 5.15. The van der Waals surface area contributed by atoms with Crippen LogP contribution in [0.3, 0.4) is 0 Å². The summed E-state index contributed by atoms with van der Waals surface area (Å²) in [5, 5.41) is 3.70. The van der Waals surface area contributed by atoms with Gasteiger partial charge in [0.2, 0.25) is 0 Å². The Balaban J connectivity index is 1.47. The molecule has 2 atom stereocenters. The van der Waals surface area contributed by atoms with Crippen molar-refractivity contribution in [3.05, 3.63) is 0 Å². The fourth-order valence-electron chi connectivity index (χ4n) is 2.50. The summed E-state index contributed by atoms with van der Waals surface area (Å²) in [7, 11) is 0. The zero-order valence-corrected chi connectivity index (χ0v) is 8.89. The summed E-state index contributed by atoms with van der Waals surface area (Å²) < 4.78 is 0. The Kier molecular flexibility index (Phi) is 3.26. The molecule has 2 rings (SSSR count). The van der Waals surface area contributed by atoms with Crippen LogP contribution in [-0.4, -0.2) is 12.6 Å². The molecule has 1 N–H and O–H groups in total. The highest BCUT2D eigenvalue weighted by Gasteiger charge is 2.22. The first-order valence-corrected chi connectivity index (χ1v) is 6.08. The van der Waals surface area contributed by atoms with E-state index in [1.165, 1.54) is 51.5 Å². The Morgan fingerprint density at radius 1 is 1.15 bits per heavy atom. The van der Waals surface area contributed by atoms with Crippen LogP contribution in [0.15, 0.2) is 0 Å². The van der Waals surface area contributed by atoms with E-state index in [0.29, 0.717) is 0 Å². The van der Waals surface area contributed by atoms with Crippen molar-refractivity contribution in [3.8, 4) is 0 Å². The van der Waals surface area contributed by atoms with Gasteiger partial charge in [-0.05, 0) is 50.5 Å². The summed E-state index contributed by atoms with van der Waals surface area (Å²) in [6.45, 7) is 3.65. The number of hydrogen-bond donors (Lipinski definition) is 1. The Morgan fingerprint density at radius 2 is 2.00 bits per heavy atom. The van der Waals surface area contributed by atoms with Crippen molar-refractivity contribution < 1.29 is 0 Å². The molecule has 0 aromatic heterocycles. The van der Waals surface area contributed by atoms with E-state index < -0.39 is 0 Å². The third-order valence-corrected chi connectivity index (χ3v) is 3.61. The lowest BCUT2D eigenvalue weighted by atomic mass is 10.1. The van der Waals surface area contributed by atoms with Crippen molar-refractivity contribution in [2.45, 2.75) is 57.9 Å². The number of hydrogen-bond acceptors (Lipinski definition) is 1. The lowest BCUT2D eigenvalue weighted by Gasteiger charge is -2.11. The molecule has 0 saturated heterocycles. The lowest BCUT2D eigenvalue weighted by molar-refractivity contribution is 0.484. The van der Waals surface area contributed by atoms with E-state index in [2.05, 4.69) is 12.2 Å². The van der Waals surface area contributed by atoms with Crippen molar-refractivity contribution in [1.29, 1.82) is 0 Å². The molecule has 0 bridgehead atoms.